The number of rotatable bonds is 5. The molecule has 176 valence electrons. The summed E-state index contributed by atoms with van der Waals surface area (Å²) in [7, 11) is 0. The zero-order chi connectivity index (χ0) is 24.5. The van der Waals surface area contributed by atoms with E-state index in [2.05, 4.69) is 15.2 Å². The molecular formula is C27H19FN6O2. The molecule has 8 nitrogen and oxygen atoms in total. The Hall–Kier alpha value is -4.92. The number of fused-ring (bicyclic) bond motifs is 1. The van der Waals surface area contributed by atoms with E-state index in [1.807, 2.05) is 36.4 Å². The van der Waals surface area contributed by atoms with Crippen LogP contribution < -0.4 is 0 Å². The number of hydrogen-bond donors (Lipinski definition) is 0. The summed E-state index contributed by atoms with van der Waals surface area (Å²) in [5, 5.41) is 16.2. The Balaban J connectivity index is 1.38. The zero-order valence-corrected chi connectivity index (χ0v) is 19.0. The lowest BCUT2D eigenvalue weighted by molar-refractivity contribution is -0.133. The minimum atomic E-state index is -0.319. The first-order valence-corrected chi connectivity index (χ1v) is 11.3. The molecule has 0 atom stereocenters. The number of allylic oxidation sites excluding steroid dienone is 1. The second-order valence-electron chi connectivity index (χ2n) is 8.29. The standard InChI is InChI=1S/C27H19FN6O2/c28-22-7-5-19(6-8-22)23-15-30-34-17-25(35)33(31-27(34)26(23)21-9-12-29-13-10-21)16-18-1-3-20(4-2-18)24-11-14-36-32-24/h1-15H,16-17H2. The molecule has 2 aliphatic heterocycles. The van der Waals surface area contributed by atoms with Gasteiger partial charge < -0.3 is 4.52 Å². The summed E-state index contributed by atoms with van der Waals surface area (Å²) in [5.74, 6) is 0.0539. The van der Waals surface area contributed by atoms with E-state index in [1.54, 1.807) is 41.8 Å². The van der Waals surface area contributed by atoms with Gasteiger partial charge in [0.05, 0.1) is 12.8 Å². The molecule has 4 heterocycles. The minimum Gasteiger partial charge on any atom is -0.364 e. The molecule has 1 amide bonds. The first-order chi connectivity index (χ1) is 17.7. The summed E-state index contributed by atoms with van der Waals surface area (Å²) in [5.41, 5.74) is 5.81. The number of amides is 1. The highest BCUT2D eigenvalue weighted by molar-refractivity contribution is 6.39. The average Bonchev–Trinajstić information content (AvgIpc) is 3.45. The van der Waals surface area contributed by atoms with E-state index in [-0.39, 0.29) is 18.3 Å². The van der Waals surface area contributed by atoms with Crippen LogP contribution >= 0.6 is 0 Å². The van der Waals surface area contributed by atoms with E-state index >= 15 is 0 Å². The summed E-state index contributed by atoms with van der Waals surface area (Å²) in [6.07, 6.45) is 6.61. The van der Waals surface area contributed by atoms with Crippen molar-refractivity contribution in [3.8, 4) is 11.3 Å². The van der Waals surface area contributed by atoms with Crippen molar-refractivity contribution in [1.82, 2.24) is 20.2 Å². The van der Waals surface area contributed by atoms with E-state index in [0.717, 1.165) is 39.1 Å². The van der Waals surface area contributed by atoms with Gasteiger partial charge in [-0.2, -0.15) is 5.10 Å². The Morgan fingerprint density at radius 1 is 0.889 bits per heavy atom. The maximum Gasteiger partial charge on any atom is 0.264 e. The monoisotopic (exact) mass is 478 g/mol. The highest BCUT2D eigenvalue weighted by Gasteiger charge is 2.33. The van der Waals surface area contributed by atoms with Gasteiger partial charge >= 0.3 is 0 Å². The molecule has 2 aromatic carbocycles. The van der Waals surface area contributed by atoms with Crippen LogP contribution in [0.25, 0.3) is 22.4 Å². The quantitative estimate of drug-likeness (QED) is 0.423. The number of amidine groups is 1. The largest absolute Gasteiger partial charge is 0.364 e. The van der Waals surface area contributed by atoms with Crippen LogP contribution in [0, 0.1) is 5.82 Å². The topological polar surface area (TPSA) is 87.2 Å². The van der Waals surface area contributed by atoms with Crippen molar-refractivity contribution in [3.63, 3.8) is 0 Å². The fraction of sp³-hybridized carbons (Fsp3) is 0.0741. The van der Waals surface area contributed by atoms with Crippen LogP contribution in [0.1, 0.15) is 16.7 Å². The number of hydrogen-bond acceptors (Lipinski definition) is 7. The summed E-state index contributed by atoms with van der Waals surface area (Å²) >= 11 is 0. The van der Waals surface area contributed by atoms with Crippen molar-refractivity contribution in [2.24, 2.45) is 10.2 Å². The molecule has 0 unspecified atom stereocenters. The number of carbonyl (C=O) groups excluding carboxylic acids is 1. The van der Waals surface area contributed by atoms with E-state index in [0.29, 0.717) is 12.4 Å². The van der Waals surface area contributed by atoms with Crippen molar-refractivity contribution in [2.75, 3.05) is 6.54 Å². The molecule has 0 saturated carbocycles. The third kappa shape index (κ3) is 4.07. The number of nitrogens with zero attached hydrogens (tertiary/aromatic N) is 6. The normalized spacial score (nSPS) is 15.2. The molecular weight excluding hydrogens is 459 g/mol. The Bertz CT molecular complexity index is 1490. The Kier molecular flexibility index (Phi) is 5.42. The van der Waals surface area contributed by atoms with Gasteiger partial charge in [0.25, 0.3) is 5.91 Å². The first kappa shape index (κ1) is 21.6. The second kappa shape index (κ2) is 9.03. The van der Waals surface area contributed by atoms with Crippen LogP contribution in [0.15, 0.2) is 100 Å². The highest BCUT2D eigenvalue weighted by Crippen LogP contribution is 2.33. The maximum atomic E-state index is 13.6. The van der Waals surface area contributed by atoms with Gasteiger partial charge in [-0.3, -0.25) is 9.78 Å². The fourth-order valence-electron chi connectivity index (χ4n) is 4.18. The van der Waals surface area contributed by atoms with Crippen LogP contribution in [0.5, 0.6) is 0 Å². The predicted octanol–water partition coefficient (Wildman–Crippen LogP) is 4.44. The first-order valence-electron chi connectivity index (χ1n) is 11.3. The lowest BCUT2D eigenvalue weighted by atomic mass is 9.93. The van der Waals surface area contributed by atoms with E-state index in [4.69, 9.17) is 9.62 Å². The second-order valence-corrected chi connectivity index (χ2v) is 8.29. The van der Waals surface area contributed by atoms with E-state index in [9.17, 15) is 9.18 Å². The van der Waals surface area contributed by atoms with Crippen molar-refractivity contribution in [3.05, 3.63) is 108 Å². The van der Waals surface area contributed by atoms with Gasteiger partial charge in [-0.1, -0.05) is 41.6 Å². The molecule has 9 heteroatoms. The molecule has 0 spiro atoms. The third-order valence-corrected chi connectivity index (χ3v) is 6.00. The van der Waals surface area contributed by atoms with Crippen molar-refractivity contribution in [1.29, 1.82) is 0 Å². The number of aromatic nitrogens is 2. The molecule has 4 aromatic rings. The molecule has 2 aliphatic rings. The third-order valence-electron chi connectivity index (χ3n) is 6.00. The molecule has 0 N–H and O–H groups in total. The summed E-state index contributed by atoms with van der Waals surface area (Å²) < 4.78 is 18.5. The lowest BCUT2D eigenvalue weighted by Gasteiger charge is -2.34. The van der Waals surface area contributed by atoms with Crippen LogP contribution in [-0.2, 0) is 11.3 Å². The van der Waals surface area contributed by atoms with Crippen LogP contribution in [0.3, 0.4) is 0 Å². The Morgan fingerprint density at radius 2 is 1.64 bits per heavy atom. The number of pyridine rings is 1. The highest BCUT2D eigenvalue weighted by atomic mass is 19.1. The van der Waals surface area contributed by atoms with Crippen LogP contribution in [-0.4, -0.2) is 44.7 Å². The number of halogens is 1. The summed E-state index contributed by atoms with van der Waals surface area (Å²) in [6.45, 7) is 0.353. The molecule has 0 aliphatic carbocycles. The van der Waals surface area contributed by atoms with Crippen LogP contribution in [0.2, 0.25) is 0 Å². The fourth-order valence-corrected chi connectivity index (χ4v) is 4.18. The van der Waals surface area contributed by atoms with Crippen molar-refractivity contribution < 1.29 is 13.7 Å². The van der Waals surface area contributed by atoms with Crippen molar-refractivity contribution >= 4 is 29.1 Å². The van der Waals surface area contributed by atoms with Gasteiger partial charge in [0.1, 0.15) is 24.3 Å². The molecule has 0 saturated heterocycles. The zero-order valence-electron chi connectivity index (χ0n) is 19.0. The smallest absolute Gasteiger partial charge is 0.264 e. The predicted molar refractivity (Wildman–Crippen MR) is 133 cm³/mol. The van der Waals surface area contributed by atoms with Crippen LogP contribution in [0.4, 0.5) is 4.39 Å². The van der Waals surface area contributed by atoms with Gasteiger partial charge in [-0.25, -0.2) is 14.4 Å². The molecule has 6 rings (SSSR count). The minimum absolute atomic E-state index is 0.0532. The number of hydrazone groups is 2. The molecule has 0 radical (unpaired) electrons. The van der Waals surface area contributed by atoms with Gasteiger partial charge in [-0.15, -0.1) is 5.10 Å². The number of carbonyl (C=O) groups is 1. The Labute approximate surface area is 205 Å². The van der Waals surface area contributed by atoms with Gasteiger partial charge in [0.2, 0.25) is 0 Å². The molecule has 2 aromatic heterocycles. The van der Waals surface area contributed by atoms with E-state index < -0.39 is 0 Å². The van der Waals surface area contributed by atoms with Gasteiger partial charge in [0.15, 0.2) is 5.84 Å². The molecule has 0 fully saturated rings. The van der Waals surface area contributed by atoms with Crippen molar-refractivity contribution in [2.45, 2.75) is 6.54 Å². The van der Waals surface area contributed by atoms with E-state index in [1.165, 1.54) is 23.4 Å². The average molecular weight is 478 g/mol. The molecule has 36 heavy (non-hydrogen) atoms. The molecule has 0 bridgehead atoms. The maximum absolute atomic E-state index is 13.6. The summed E-state index contributed by atoms with van der Waals surface area (Å²) in [6, 6.07) is 19.5. The lowest BCUT2D eigenvalue weighted by Crippen LogP contribution is -2.46. The van der Waals surface area contributed by atoms with Gasteiger partial charge in [-0.05, 0) is 41.0 Å². The summed E-state index contributed by atoms with van der Waals surface area (Å²) in [4.78, 5) is 17.1. The van der Waals surface area contributed by atoms with Gasteiger partial charge in [0, 0.05) is 35.2 Å². The SMILES string of the molecule is O=C1CN2N=CC(c3ccc(F)cc3)=C(c3ccncc3)C2=NN1Cc1ccc(-c2ccon2)cc1. The number of benzene rings is 2. The Morgan fingerprint density at radius 3 is 2.36 bits per heavy atom.